The van der Waals surface area contributed by atoms with E-state index in [1.807, 2.05) is 13.0 Å². The standard InChI is InChI=1S/C21H21FN8/c1-13-8-24-11-18(27-13)17-7-19-14(9-25-17)10-26-30(19)21-16(22)4-5-20(28-21)29-6-2-3-15(23)12-29/h4-5,7-11,15H,2-3,6,12,23H2,1H3. The van der Waals surface area contributed by atoms with Crippen LogP contribution in [0.5, 0.6) is 0 Å². The number of fused-ring (bicyclic) bond motifs is 1. The van der Waals surface area contributed by atoms with Crippen molar-refractivity contribution in [2.75, 3.05) is 18.0 Å². The van der Waals surface area contributed by atoms with Crippen molar-refractivity contribution in [1.82, 2.24) is 29.7 Å². The van der Waals surface area contributed by atoms with E-state index in [4.69, 9.17) is 5.73 Å². The normalized spacial score (nSPS) is 16.9. The van der Waals surface area contributed by atoms with Gasteiger partial charge in [0.1, 0.15) is 11.5 Å². The second-order valence-electron chi connectivity index (χ2n) is 7.55. The molecule has 152 valence electrons. The summed E-state index contributed by atoms with van der Waals surface area (Å²) in [6, 6.07) is 5.05. The molecule has 1 aliphatic heterocycles. The summed E-state index contributed by atoms with van der Waals surface area (Å²) in [6.07, 6.45) is 8.67. The van der Waals surface area contributed by atoms with Gasteiger partial charge in [0.2, 0.25) is 0 Å². The number of anilines is 1. The average Bonchev–Trinajstić information content (AvgIpc) is 3.17. The maximum atomic E-state index is 14.8. The summed E-state index contributed by atoms with van der Waals surface area (Å²) in [5.74, 6) is 0.400. The van der Waals surface area contributed by atoms with E-state index >= 15 is 0 Å². The summed E-state index contributed by atoms with van der Waals surface area (Å²) < 4.78 is 16.3. The fraction of sp³-hybridized carbons (Fsp3) is 0.286. The lowest BCUT2D eigenvalue weighted by Crippen LogP contribution is -2.43. The minimum absolute atomic E-state index is 0.101. The fourth-order valence-electron chi connectivity index (χ4n) is 3.78. The number of pyridine rings is 2. The Bertz CT molecular complexity index is 1220. The zero-order valence-corrected chi connectivity index (χ0v) is 16.5. The van der Waals surface area contributed by atoms with Gasteiger partial charge in [-0.25, -0.2) is 19.0 Å². The number of piperidine rings is 1. The van der Waals surface area contributed by atoms with Gasteiger partial charge in [-0.15, -0.1) is 0 Å². The number of aryl methyl sites for hydroxylation is 1. The number of hydrogen-bond acceptors (Lipinski definition) is 7. The van der Waals surface area contributed by atoms with Crippen LogP contribution >= 0.6 is 0 Å². The number of halogens is 1. The van der Waals surface area contributed by atoms with E-state index < -0.39 is 5.82 Å². The van der Waals surface area contributed by atoms with Gasteiger partial charge in [-0.1, -0.05) is 0 Å². The summed E-state index contributed by atoms with van der Waals surface area (Å²) >= 11 is 0. The van der Waals surface area contributed by atoms with Crippen LogP contribution < -0.4 is 10.6 Å². The van der Waals surface area contributed by atoms with E-state index in [9.17, 15) is 4.39 Å². The molecule has 1 fully saturated rings. The summed E-state index contributed by atoms with van der Waals surface area (Å²) in [6.45, 7) is 3.43. The molecule has 0 bridgehead atoms. The van der Waals surface area contributed by atoms with Crippen molar-refractivity contribution >= 4 is 16.7 Å². The van der Waals surface area contributed by atoms with Gasteiger partial charge in [0.25, 0.3) is 0 Å². The fourth-order valence-corrected chi connectivity index (χ4v) is 3.78. The van der Waals surface area contributed by atoms with Crippen LogP contribution in [-0.4, -0.2) is 48.8 Å². The van der Waals surface area contributed by atoms with Gasteiger partial charge in [0.15, 0.2) is 11.6 Å². The summed E-state index contributed by atoms with van der Waals surface area (Å²) in [7, 11) is 0. The number of nitrogens with two attached hydrogens (primary N) is 1. The first-order valence-corrected chi connectivity index (χ1v) is 9.89. The van der Waals surface area contributed by atoms with Gasteiger partial charge in [-0.2, -0.15) is 5.10 Å². The molecule has 1 unspecified atom stereocenters. The molecule has 1 atom stereocenters. The van der Waals surface area contributed by atoms with Crippen LogP contribution in [0.15, 0.2) is 43.0 Å². The Hall–Kier alpha value is -3.46. The molecule has 9 heteroatoms. The average molecular weight is 404 g/mol. The van der Waals surface area contributed by atoms with Crippen LogP contribution in [0.25, 0.3) is 28.1 Å². The number of nitrogens with zero attached hydrogens (tertiary/aromatic N) is 7. The van der Waals surface area contributed by atoms with Crippen LogP contribution in [0.2, 0.25) is 0 Å². The molecular weight excluding hydrogens is 383 g/mol. The summed E-state index contributed by atoms with van der Waals surface area (Å²) in [4.78, 5) is 19.8. The number of aromatic nitrogens is 6. The van der Waals surface area contributed by atoms with Gasteiger partial charge in [0, 0.05) is 36.9 Å². The smallest absolute Gasteiger partial charge is 0.192 e. The Labute approximate surface area is 172 Å². The van der Waals surface area contributed by atoms with E-state index in [1.54, 1.807) is 30.9 Å². The first kappa shape index (κ1) is 18.6. The molecule has 4 aromatic heterocycles. The molecule has 5 rings (SSSR count). The first-order valence-electron chi connectivity index (χ1n) is 9.89. The minimum atomic E-state index is -0.446. The minimum Gasteiger partial charge on any atom is -0.355 e. The third-order valence-electron chi connectivity index (χ3n) is 5.27. The Kier molecular flexibility index (Phi) is 4.59. The van der Waals surface area contributed by atoms with Crippen molar-refractivity contribution in [3.8, 4) is 17.2 Å². The molecule has 2 N–H and O–H groups in total. The van der Waals surface area contributed by atoms with E-state index in [0.29, 0.717) is 29.3 Å². The van der Waals surface area contributed by atoms with Crippen LogP contribution in [0.3, 0.4) is 0 Å². The van der Waals surface area contributed by atoms with Crippen LogP contribution in [0.1, 0.15) is 18.5 Å². The van der Waals surface area contributed by atoms with E-state index in [1.165, 1.54) is 10.7 Å². The second kappa shape index (κ2) is 7.42. The third-order valence-corrected chi connectivity index (χ3v) is 5.27. The third kappa shape index (κ3) is 3.37. The molecule has 0 saturated carbocycles. The molecule has 30 heavy (non-hydrogen) atoms. The molecule has 1 aliphatic rings. The molecule has 0 spiro atoms. The van der Waals surface area contributed by atoms with Gasteiger partial charge < -0.3 is 10.6 Å². The van der Waals surface area contributed by atoms with Crippen molar-refractivity contribution < 1.29 is 4.39 Å². The quantitative estimate of drug-likeness (QED) is 0.560. The predicted molar refractivity (Wildman–Crippen MR) is 112 cm³/mol. The zero-order valence-electron chi connectivity index (χ0n) is 16.5. The number of rotatable bonds is 3. The molecule has 0 radical (unpaired) electrons. The predicted octanol–water partition coefficient (Wildman–Crippen LogP) is 2.65. The van der Waals surface area contributed by atoms with Crippen molar-refractivity contribution in [2.24, 2.45) is 5.73 Å². The lowest BCUT2D eigenvalue weighted by molar-refractivity contribution is 0.502. The summed E-state index contributed by atoms with van der Waals surface area (Å²) in [5, 5.41) is 5.16. The molecule has 0 aromatic carbocycles. The van der Waals surface area contributed by atoms with Gasteiger partial charge in [-0.3, -0.25) is 9.97 Å². The molecule has 8 nitrogen and oxygen atoms in total. The number of hydrogen-bond donors (Lipinski definition) is 1. The van der Waals surface area contributed by atoms with Gasteiger partial charge in [-0.05, 0) is 38.0 Å². The van der Waals surface area contributed by atoms with E-state index in [2.05, 4.69) is 29.9 Å². The zero-order chi connectivity index (χ0) is 20.7. The molecule has 1 saturated heterocycles. The van der Waals surface area contributed by atoms with Crippen LogP contribution in [0.4, 0.5) is 10.2 Å². The largest absolute Gasteiger partial charge is 0.355 e. The van der Waals surface area contributed by atoms with E-state index in [0.717, 1.165) is 30.5 Å². The lowest BCUT2D eigenvalue weighted by Gasteiger charge is -2.31. The Morgan fingerprint density at radius 3 is 2.83 bits per heavy atom. The molecular formula is C21H21FN8. The maximum Gasteiger partial charge on any atom is 0.192 e. The second-order valence-corrected chi connectivity index (χ2v) is 7.55. The summed E-state index contributed by atoms with van der Waals surface area (Å²) in [5.41, 5.74) is 8.88. The Morgan fingerprint density at radius 2 is 2.00 bits per heavy atom. The first-order chi connectivity index (χ1) is 14.6. The SMILES string of the molecule is Cc1cncc(-c2cc3c(cn2)cnn3-c2nc(N3CCCC(N)C3)ccc2F)n1. The van der Waals surface area contributed by atoms with Crippen LogP contribution in [0, 0.1) is 12.7 Å². The van der Waals surface area contributed by atoms with Crippen molar-refractivity contribution in [1.29, 1.82) is 0 Å². The highest BCUT2D eigenvalue weighted by Crippen LogP contribution is 2.25. The highest BCUT2D eigenvalue weighted by atomic mass is 19.1. The van der Waals surface area contributed by atoms with Crippen LogP contribution in [-0.2, 0) is 0 Å². The van der Waals surface area contributed by atoms with Gasteiger partial charge >= 0.3 is 0 Å². The Balaban J connectivity index is 1.59. The lowest BCUT2D eigenvalue weighted by atomic mass is 10.1. The molecule has 0 amide bonds. The van der Waals surface area contributed by atoms with Crippen molar-refractivity contribution in [3.63, 3.8) is 0 Å². The molecule has 5 heterocycles. The highest BCUT2D eigenvalue weighted by Gasteiger charge is 2.20. The van der Waals surface area contributed by atoms with E-state index in [-0.39, 0.29) is 11.9 Å². The Morgan fingerprint density at radius 1 is 1.10 bits per heavy atom. The van der Waals surface area contributed by atoms with Gasteiger partial charge in [0.05, 0.1) is 29.3 Å². The molecule has 0 aliphatic carbocycles. The molecule has 4 aromatic rings. The topological polar surface area (TPSA) is 98.6 Å². The highest BCUT2D eigenvalue weighted by molar-refractivity contribution is 5.82. The van der Waals surface area contributed by atoms with Crippen molar-refractivity contribution in [3.05, 3.63) is 54.5 Å². The van der Waals surface area contributed by atoms with Crippen molar-refractivity contribution in [2.45, 2.75) is 25.8 Å². The maximum absolute atomic E-state index is 14.8. The monoisotopic (exact) mass is 404 g/mol.